The summed E-state index contributed by atoms with van der Waals surface area (Å²) in [5.41, 5.74) is 8.68. The van der Waals surface area contributed by atoms with Gasteiger partial charge in [-0.25, -0.2) is 4.39 Å². The molecule has 1 heterocycles. The molecule has 0 amide bonds. The van der Waals surface area contributed by atoms with Crippen LogP contribution in [0.4, 0.5) is 4.39 Å². The van der Waals surface area contributed by atoms with E-state index < -0.39 is 6.04 Å². The molecule has 3 nitrogen and oxygen atoms in total. The summed E-state index contributed by atoms with van der Waals surface area (Å²) in [4.78, 5) is 0. The van der Waals surface area contributed by atoms with Gasteiger partial charge < -0.3 is 5.73 Å². The van der Waals surface area contributed by atoms with Crippen LogP contribution in [0.3, 0.4) is 0 Å². The first-order valence-corrected chi connectivity index (χ1v) is 7.19. The third kappa shape index (κ3) is 3.19. The zero-order valence-corrected chi connectivity index (χ0v) is 12.5. The van der Waals surface area contributed by atoms with Crippen molar-refractivity contribution in [2.75, 3.05) is 0 Å². The minimum atomic E-state index is -0.404. The third-order valence-corrected chi connectivity index (χ3v) is 3.60. The summed E-state index contributed by atoms with van der Waals surface area (Å²) >= 11 is 5.76. The summed E-state index contributed by atoms with van der Waals surface area (Å²) < 4.78 is 15.8. The van der Waals surface area contributed by atoms with Crippen molar-refractivity contribution < 1.29 is 4.39 Å². The van der Waals surface area contributed by atoms with E-state index in [1.165, 1.54) is 6.07 Å². The van der Waals surface area contributed by atoms with Gasteiger partial charge in [-0.1, -0.05) is 24.6 Å². The first-order chi connectivity index (χ1) is 9.55. The molecule has 0 fully saturated rings. The van der Waals surface area contributed by atoms with Gasteiger partial charge in [-0.2, -0.15) is 5.10 Å². The Hall–Kier alpha value is -1.39. The van der Waals surface area contributed by atoms with Crippen molar-refractivity contribution >= 4 is 11.6 Å². The fourth-order valence-electron chi connectivity index (χ4n) is 2.26. The van der Waals surface area contributed by atoms with Crippen molar-refractivity contribution in [3.63, 3.8) is 0 Å². The maximum absolute atomic E-state index is 13.9. The summed E-state index contributed by atoms with van der Waals surface area (Å²) in [5.74, 6) is -0.358. The molecule has 0 aliphatic heterocycles. The SMILES string of the molecule is CCc1cc(CC(N)c2ccc(Cl)cc2F)n(CC)n1. The fourth-order valence-corrected chi connectivity index (χ4v) is 2.42. The molecule has 5 heteroatoms. The van der Waals surface area contributed by atoms with Crippen molar-refractivity contribution in [3.05, 3.63) is 52.1 Å². The van der Waals surface area contributed by atoms with E-state index in [4.69, 9.17) is 17.3 Å². The first-order valence-electron chi connectivity index (χ1n) is 6.81. The van der Waals surface area contributed by atoms with Gasteiger partial charge in [-0.3, -0.25) is 4.68 Å². The number of hydrogen-bond donors (Lipinski definition) is 1. The maximum atomic E-state index is 13.9. The lowest BCUT2D eigenvalue weighted by molar-refractivity contribution is 0.555. The summed E-state index contributed by atoms with van der Waals surface area (Å²) in [6.07, 6.45) is 1.43. The molecular formula is C15H19ClFN3. The van der Waals surface area contributed by atoms with Gasteiger partial charge in [0.1, 0.15) is 5.82 Å². The molecule has 2 N–H and O–H groups in total. The quantitative estimate of drug-likeness (QED) is 0.917. The van der Waals surface area contributed by atoms with Crippen LogP contribution < -0.4 is 5.73 Å². The van der Waals surface area contributed by atoms with E-state index >= 15 is 0 Å². The van der Waals surface area contributed by atoms with E-state index in [1.807, 2.05) is 17.7 Å². The van der Waals surface area contributed by atoms with E-state index in [0.29, 0.717) is 17.0 Å². The van der Waals surface area contributed by atoms with Crippen LogP contribution in [0.2, 0.25) is 5.02 Å². The van der Waals surface area contributed by atoms with Gasteiger partial charge in [0.15, 0.2) is 0 Å². The molecule has 1 atom stereocenters. The number of aromatic nitrogens is 2. The van der Waals surface area contributed by atoms with Gasteiger partial charge in [0.05, 0.1) is 5.69 Å². The molecule has 1 aromatic heterocycles. The molecule has 0 spiro atoms. The lowest BCUT2D eigenvalue weighted by Gasteiger charge is -2.14. The molecule has 2 aromatic rings. The molecule has 0 aliphatic rings. The molecule has 1 aromatic carbocycles. The van der Waals surface area contributed by atoms with E-state index in [9.17, 15) is 4.39 Å². The molecule has 2 rings (SSSR count). The second-order valence-corrected chi connectivity index (χ2v) is 5.21. The van der Waals surface area contributed by atoms with Crippen molar-refractivity contribution in [2.24, 2.45) is 5.73 Å². The Morgan fingerprint density at radius 3 is 2.70 bits per heavy atom. The monoisotopic (exact) mass is 295 g/mol. The molecule has 0 saturated heterocycles. The Kier molecular flexibility index (Phi) is 4.78. The molecule has 0 bridgehead atoms. The summed E-state index contributed by atoms with van der Waals surface area (Å²) in [6, 6.07) is 6.24. The van der Waals surface area contributed by atoms with Crippen LogP contribution in [0.15, 0.2) is 24.3 Å². The lowest BCUT2D eigenvalue weighted by Crippen LogP contribution is -2.17. The Morgan fingerprint density at radius 2 is 2.10 bits per heavy atom. The second kappa shape index (κ2) is 6.37. The summed E-state index contributed by atoms with van der Waals surface area (Å²) in [6.45, 7) is 4.88. The molecule has 108 valence electrons. The highest BCUT2D eigenvalue weighted by atomic mass is 35.5. The van der Waals surface area contributed by atoms with Crippen molar-refractivity contribution in [1.29, 1.82) is 0 Å². The van der Waals surface area contributed by atoms with E-state index in [2.05, 4.69) is 12.0 Å². The number of nitrogens with two attached hydrogens (primary N) is 1. The normalized spacial score (nSPS) is 12.7. The predicted octanol–water partition coefficient (Wildman–Crippen LogP) is 3.50. The van der Waals surface area contributed by atoms with Gasteiger partial charge >= 0.3 is 0 Å². The van der Waals surface area contributed by atoms with Gasteiger partial charge in [0.2, 0.25) is 0 Å². The third-order valence-electron chi connectivity index (χ3n) is 3.37. The number of nitrogens with zero attached hydrogens (tertiary/aromatic N) is 2. The first kappa shape index (κ1) is 15.0. The zero-order chi connectivity index (χ0) is 14.7. The lowest BCUT2D eigenvalue weighted by atomic mass is 10.0. The maximum Gasteiger partial charge on any atom is 0.129 e. The van der Waals surface area contributed by atoms with Crippen LogP contribution in [0.25, 0.3) is 0 Å². The van der Waals surface area contributed by atoms with Crippen LogP contribution in [-0.4, -0.2) is 9.78 Å². The second-order valence-electron chi connectivity index (χ2n) is 4.77. The van der Waals surface area contributed by atoms with Crippen LogP contribution in [-0.2, 0) is 19.4 Å². The Bertz CT molecular complexity index is 595. The zero-order valence-electron chi connectivity index (χ0n) is 11.7. The average Bonchev–Trinajstić information content (AvgIpc) is 2.80. The number of benzene rings is 1. The molecule has 0 aliphatic carbocycles. The van der Waals surface area contributed by atoms with Crippen molar-refractivity contribution in [3.8, 4) is 0 Å². The van der Waals surface area contributed by atoms with Crippen molar-refractivity contribution in [1.82, 2.24) is 9.78 Å². The Balaban J connectivity index is 2.22. The summed E-state index contributed by atoms with van der Waals surface area (Å²) in [7, 11) is 0. The molecule has 0 radical (unpaired) electrons. The Labute approximate surface area is 123 Å². The number of halogens is 2. The van der Waals surface area contributed by atoms with Crippen molar-refractivity contribution in [2.45, 2.75) is 39.3 Å². The highest BCUT2D eigenvalue weighted by molar-refractivity contribution is 6.30. The molecule has 20 heavy (non-hydrogen) atoms. The number of aryl methyl sites for hydroxylation is 2. The molecule has 0 saturated carbocycles. The number of rotatable bonds is 5. The van der Waals surface area contributed by atoms with Crippen LogP contribution in [0, 0.1) is 5.82 Å². The molecular weight excluding hydrogens is 277 g/mol. The summed E-state index contributed by atoms with van der Waals surface area (Å²) in [5, 5.41) is 4.86. The van der Waals surface area contributed by atoms with E-state index in [0.717, 1.165) is 24.4 Å². The van der Waals surface area contributed by atoms with Crippen LogP contribution >= 0.6 is 11.6 Å². The fraction of sp³-hybridized carbons (Fsp3) is 0.400. The smallest absolute Gasteiger partial charge is 0.129 e. The van der Waals surface area contributed by atoms with Gasteiger partial charge in [-0.15, -0.1) is 0 Å². The van der Waals surface area contributed by atoms with E-state index in [-0.39, 0.29) is 5.82 Å². The average molecular weight is 296 g/mol. The van der Waals surface area contributed by atoms with Gasteiger partial charge in [0, 0.05) is 35.3 Å². The van der Waals surface area contributed by atoms with Crippen LogP contribution in [0.1, 0.15) is 36.8 Å². The minimum Gasteiger partial charge on any atom is -0.324 e. The highest BCUT2D eigenvalue weighted by Gasteiger charge is 2.15. The van der Waals surface area contributed by atoms with Crippen LogP contribution in [0.5, 0.6) is 0 Å². The molecule has 1 unspecified atom stereocenters. The highest BCUT2D eigenvalue weighted by Crippen LogP contribution is 2.22. The Morgan fingerprint density at radius 1 is 1.35 bits per heavy atom. The van der Waals surface area contributed by atoms with Gasteiger partial charge in [-0.05, 0) is 31.5 Å². The number of hydrogen-bond acceptors (Lipinski definition) is 2. The van der Waals surface area contributed by atoms with E-state index in [1.54, 1.807) is 12.1 Å². The van der Waals surface area contributed by atoms with Gasteiger partial charge in [0.25, 0.3) is 0 Å². The largest absolute Gasteiger partial charge is 0.324 e. The predicted molar refractivity (Wildman–Crippen MR) is 79.3 cm³/mol. The topological polar surface area (TPSA) is 43.8 Å². The standard InChI is InChI=1S/C15H19ClFN3/c1-3-11-8-12(20(4-2)19-11)9-15(18)13-6-5-10(16)7-14(13)17/h5-8,15H,3-4,9,18H2,1-2H3. The minimum absolute atomic E-state index is 0.358.